The molecule has 16 heavy (non-hydrogen) atoms. The Morgan fingerprint density at radius 2 is 2.12 bits per heavy atom. The molecule has 0 radical (unpaired) electrons. The third-order valence-corrected chi connectivity index (χ3v) is 2.45. The standard InChI is InChI=1S/C13H12O3/c1-9-10-5-3-4-6-12(10)16-11(9)7-8-13(14)15-2/h3-8H,1-2H3/b8-7+. The molecule has 2 aromatic rings. The van der Waals surface area contributed by atoms with Crippen molar-refractivity contribution in [3.63, 3.8) is 0 Å². The van der Waals surface area contributed by atoms with Crippen LogP contribution in [0.5, 0.6) is 0 Å². The SMILES string of the molecule is COC(=O)/C=C/c1oc2ccccc2c1C. The molecule has 3 heteroatoms. The largest absolute Gasteiger partial charge is 0.466 e. The van der Waals surface area contributed by atoms with Crippen LogP contribution in [0.15, 0.2) is 34.8 Å². The van der Waals surface area contributed by atoms with Gasteiger partial charge in [0.1, 0.15) is 11.3 Å². The topological polar surface area (TPSA) is 39.4 Å². The van der Waals surface area contributed by atoms with Gasteiger partial charge in [0.2, 0.25) is 0 Å². The van der Waals surface area contributed by atoms with Crippen LogP contribution >= 0.6 is 0 Å². The number of rotatable bonds is 2. The molecule has 0 aliphatic rings. The zero-order valence-electron chi connectivity index (χ0n) is 9.19. The van der Waals surface area contributed by atoms with Gasteiger partial charge in [-0.3, -0.25) is 0 Å². The van der Waals surface area contributed by atoms with Crippen LogP contribution in [0.1, 0.15) is 11.3 Å². The molecular weight excluding hydrogens is 204 g/mol. The third kappa shape index (κ3) is 1.84. The summed E-state index contributed by atoms with van der Waals surface area (Å²) in [6, 6.07) is 7.76. The quantitative estimate of drug-likeness (QED) is 0.572. The third-order valence-electron chi connectivity index (χ3n) is 2.45. The van der Waals surface area contributed by atoms with Crippen LogP contribution in [0.25, 0.3) is 17.0 Å². The average molecular weight is 216 g/mol. The Morgan fingerprint density at radius 3 is 2.81 bits per heavy atom. The maximum atomic E-state index is 11.0. The number of esters is 1. The van der Waals surface area contributed by atoms with Crippen LogP contribution in [0.4, 0.5) is 0 Å². The van der Waals surface area contributed by atoms with Crippen molar-refractivity contribution in [2.75, 3.05) is 7.11 Å². The summed E-state index contributed by atoms with van der Waals surface area (Å²) in [5.41, 5.74) is 1.85. The van der Waals surface area contributed by atoms with Gasteiger partial charge in [-0.25, -0.2) is 4.79 Å². The summed E-state index contributed by atoms with van der Waals surface area (Å²) in [5.74, 6) is 0.298. The number of hydrogen-bond acceptors (Lipinski definition) is 3. The second-order valence-electron chi connectivity index (χ2n) is 3.44. The highest BCUT2D eigenvalue weighted by atomic mass is 16.5. The minimum absolute atomic E-state index is 0.389. The molecule has 0 spiro atoms. The Bertz CT molecular complexity index is 549. The first-order chi connectivity index (χ1) is 7.72. The van der Waals surface area contributed by atoms with Gasteiger partial charge < -0.3 is 9.15 Å². The molecule has 0 N–H and O–H groups in total. The average Bonchev–Trinajstić information content (AvgIpc) is 2.64. The van der Waals surface area contributed by atoms with E-state index in [0.29, 0.717) is 5.76 Å². The molecule has 0 saturated heterocycles. The zero-order chi connectivity index (χ0) is 11.5. The molecule has 82 valence electrons. The predicted octanol–water partition coefficient (Wildman–Crippen LogP) is 2.93. The number of fused-ring (bicyclic) bond motifs is 1. The lowest BCUT2D eigenvalue weighted by atomic mass is 10.1. The van der Waals surface area contributed by atoms with Crippen LogP contribution in [0.2, 0.25) is 0 Å². The van der Waals surface area contributed by atoms with Gasteiger partial charge in [0, 0.05) is 17.0 Å². The van der Waals surface area contributed by atoms with Gasteiger partial charge in [0.15, 0.2) is 0 Å². The number of para-hydroxylation sites is 1. The van der Waals surface area contributed by atoms with E-state index in [1.54, 1.807) is 6.08 Å². The molecule has 0 saturated carbocycles. The van der Waals surface area contributed by atoms with Gasteiger partial charge in [-0.05, 0) is 19.1 Å². The minimum Gasteiger partial charge on any atom is -0.466 e. The number of furan rings is 1. The molecule has 3 nitrogen and oxygen atoms in total. The lowest BCUT2D eigenvalue weighted by Crippen LogP contribution is -1.93. The first-order valence-electron chi connectivity index (χ1n) is 4.96. The molecule has 0 fully saturated rings. The van der Waals surface area contributed by atoms with Crippen molar-refractivity contribution in [3.8, 4) is 0 Å². The fraction of sp³-hybridized carbons (Fsp3) is 0.154. The molecule has 0 amide bonds. The van der Waals surface area contributed by atoms with Gasteiger partial charge in [0.05, 0.1) is 7.11 Å². The summed E-state index contributed by atoms with van der Waals surface area (Å²) in [7, 11) is 1.35. The van der Waals surface area contributed by atoms with E-state index in [2.05, 4.69) is 4.74 Å². The molecule has 1 aromatic carbocycles. The fourth-order valence-electron chi connectivity index (χ4n) is 1.56. The van der Waals surface area contributed by atoms with Gasteiger partial charge >= 0.3 is 5.97 Å². The highest BCUT2D eigenvalue weighted by molar-refractivity contribution is 5.89. The van der Waals surface area contributed by atoms with E-state index >= 15 is 0 Å². The lowest BCUT2D eigenvalue weighted by Gasteiger charge is -1.90. The van der Waals surface area contributed by atoms with Crippen LogP contribution in [0.3, 0.4) is 0 Å². The number of hydrogen-bond donors (Lipinski definition) is 0. The summed E-state index contributed by atoms with van der Waals surface area (Å²) in [6.45, 7) is 1.96. The van der Waals surface area contributed by atoms with E-state index in [9.17, 15) is 4.79 Å². The van der Waals surface area contributed by atoms with Crippen molar-refractivity contribution in [3.05, 3.63) is 41.7 Å². The second-order valence-corrected chi connectivity index (χ2v) is 3.44. The number of benzene rings is 1. The first kappa shape index (κ1) is 10.5. The summed E-state index contributed by atoms with van der Waals surface area (Å²) >= 11 is 0. The molecule has 0 unspecified atom stereocenters. The molecule has 0 aliphatic heterocycles. The normalized spacial score (nSPS) is 11.1. The Labute approximate surface area is 93.3 Å². The molecule has 2 rings (SSSR count). The van der Waals surface area contributed by atoms with E-state index < -0.39 is 0 Å². The molecule has 1 heterocycles. The van der Waals surface area contributed by atoms with E-state index in [1.807, 2.05) is 31.2 Å². The smallest absolute Gasteiger partial charge is 0.330 e. The number of carbonyl (C=O) groups is 1. The van der Waals surface area contributed by atoms with Crippen LogP contribution in [-0.2, 0) is 9.53 Å². The molecule has 1 aromatic heterocycles. The number of carbonyl (C=O) groups excluding carboxylic acids is 1. The van der Waals surface area contributed by atoms with Gasteiger partial charge in [-0.15, -0.1) is 0 Å². The highest BCUT2D eigenvalue weighted by Crippen LogP contribution is 2.25. The highest BCUT2D eigenvalue weighted by Gasteiger charge is 2.07. The maximum Gasteiger partial charge on any atom is 0.330 e. The predicted molar refractivity (Wildman–Crippen MR) is 62.0 cm³/mol. The van der Waals surface area contributed by atoms with Crippen LogP contribution < -0.4 is 0 Å². The Hall–Kier alpha value is -2.03. The second kappa shape index (κ2) is 4.23. The summed E-state index contributed by atoms with van der Waals surface area (Å²) in [4.78, 5) is 11.0. The van der Waals surface area contributed by atoms with E-state index in [4.69, 9.17) is 4.42 Å². The number of ether oxygens (including phenoxy) is 1. The summed E-state index contributed by atoms with van der Waals surface area (Å²) in [5, 5.41) is 1.06. The monoisotopic (exact) mass is 216 g/mol. The molecule has 0 atom stereocenters. The van der Waals surface area contributed by atoms with Crippen LogP contribution in [-0.4, -0.2) is 13.1 Å². The fourth-order valence-corrected chi connectivity index (χ4v) is 1.56. The van der Waals surface area contributed by atoms with Gasteiger partial charge in [0.25, 0.3) is 0 Å². The molecule has 0 aliphatic carbocycles. The number of methoxy groups -OCH3 is 1. The zero-order valence-corrected chi connectivity index (χ0v) is 9.19. The minimum atomic E-state index is -0.389. The van der Waals surface area contributed by atoms with Crippen molar-refractivity contribution in [1.29, 1.82) is 0 Å². The number of aryl methyl sites for hydroxylation is 1. The van der Waals surface area contributed by atoms with Crippen molar-refractivity contribution in [2.24, 2.45) is 0 Å². The maximum absolute atomic E-state index is 11.0. The van der Waals surface area contributed by atoms with E-state index in [0.717, 1.165) is 16.5 Å². The van der Waals surface area contributed by atoms with E-state index in [-0.39, 0.29) is 5.97 Å². The Morgan fingerprint density at radius 1 is 1.38 bits per heavy atom. The summed E-state index contributed by atoms with van der Waals surface area (Å²) < 4.78 is 10.1. The van der Waals surface area contributed by atoms with Crippen molar-refractivity contribution >= 4 is 23.0 Å². The van der Waals surface area contributed by atoms with Crippen LogP contribution in [0, 0.1) is 6.92 Å². The first-order valence-corrected chi connectivity index (χ1v) is 4.96. The molecule has 0 bridgehead atoms. The molecular formula is C13H12O3. The van der Waals surface area contributed by atoms with Crippen molar-refractivity contribution < 1.29 is 13.9 Å². The Kier molecular flexibility index (Phi) is 2.77. The van der Waals surface area contributed by atoms with Gasteiger partial charge in [-0.1, -0.05) is 18.2 Å². The summed E-state index contributed by atoms with van der Waals surface area (Å²) in [6.07, 6.45) is 2.98. The van der Waals surface area contributed by atoms with E-state index in [1.165, 1.54) is 13.2 Å². The van der Waals surface area contributed by atoms with Gasteiger partial charge in [-0.2, -0.15) is 0 Å². The van der Waals surface area contributed by atoms with Crippen molar-refractivity contribution in [2.45, 2.75) is 6.92 Å². The lowest BCUT2D eigenvalue weighted by molar-refractivity contribution is -0.134. The van der Waals surface area contributed by atoms with Crippen molar-refractivity contribution in [1.82, 2.24) is 0 Å². The Balaban J connectivity index is 2.42.